The highest BCUT2D eigenvalue weighted by molar-refractivity contribution is 5.85. The predicted molar refractivity (Wildman–Crippen MR) is 76.2 cm³/mol. The first-order valence-electron chi connectivity index (χ1n) is 6.44. The monoisotopic (exact) mass is 278 g/mol. The molecule has 1 fully saturated rings. The molecule has 0 bridgehead atoms. The molecule has 0 aromatic carbocycles. The summed E-state index contributed by atoms with van der Waals surface area (Å²) in [5, 5.41) is 3.46. The number of carbonyl (C=O) groups excluding carboxylic acids is 1. The molecule has 1 N–H and O–H groups in total. The van der Waals surface area contributed by atoms with Crippen LogP contribution in [0.4, 0.5) is 0 Å². The van der Waals surface area contributed by atoms with E-state index in [-0.39, 0.29) is 23.8 Å². The molecule has 2 unspecified atom stereocenters. The van der Waals surface area contributed by atoms with E-state index in [9.17, 15) is 4.79 Å². The minimum atomic E-state index is -0.386. The SMILES string of the molecule is COC(=O)C(C)(C)CCN1CCNC(C)C1C.Cl. The second kappa shape index (κ2) is 7.31. The van der Waals surface area contributed by atoms with Crippen molar-refractivity contribution in [3.05, 3.63) is 0 Å². The fourth-order valence-electron chi connectivity index (χ4n) is 2.24. The average Bonchev–Trinajstić information content (AvgIpc) is 2.30. The number of halogens is 1. The number of carbonyl (C=O) groups is 1. The lowest BCUT2D eigenvalue weighted by atomic mass is 9.89. The molecule has 0 saturated carbocycles. The molecule has 0 amide bonds. The van der Waals surface area contributed by atoms with Crippen molar-refractivity contribution in [2.24, 2.45) is 5.41 Å². The van der Waals surface area contributed by atoms with Gasteiger partial charge in [-0.2, -0.15) is 0 Å². The summed E-state index contributed by atoms with van der Waals surface area (Å²) in [4.78, 5) is 14.0. The molecule has 0 aromatic heterocycles. The lowest BCUT2D eigenvalue weighted by Crippen LogP contribution is -2.55. The maximum Gasteiger partial charge on any atom is 0.311 e. The molecule has 5 heteroatoms. The van der Waals surface area contributed by atoms with Crippen LogP contribution in [0, 0.1) is 5.41 Å². The summed E-state index contributed by atoms with van der Waals surface area (Å²) in [7, 11) is 1.46. The molecule has 1 aliphatic rings. The third-order valence-corrected chi connectivity index (χ3v) is 3.93. The van der Waals surface area contributed by atoms with E-state index in [1.807, 2.05) is 13.8 Å². The summed E-state index contributed by atoms with van der Waals surface area (Å²) >= 11 is 0. The van der Waals surface area contributed by atoms with Gasteiger partial charge in [-0.1, -0.05) is 0 Å². The number of methoxy groups -OCH3 is 1. The van der Waals surface area contributed by atoms with Crippen LogP contribution in [0.15, 0.2) is 0 Å². The zero-order valence-electron chi connectivity index (χ0n) is 12.2. The van der Waals surface area contributed by atoms with Gasteiger partial charge in [0.2, 0.25) is 0 Å². The Morgan fingerprint density at radius 3 is 2.61 bits per heavy atom. The zero-order chi connectivity index (χ0) is 13.1. The van der Waals surface area contributed by atoms with E-state index in [1.165, 1.54) is 7.11 Å². The Labute approximate surface area is 117 Å². The van der Waals surface area contributed by atoms with Crippen LogP contribution in [0.1, 0.15) is 34.1 Å². The molecule has 1 heterocycles. The fraction of sp³-hybridized carbons (Fsp3) is 0.923. The summed E-state index contributed by atoms with van der Waals surface area (Å²) in [5.74, 6) is -0.117. The maximum absolute atomic E-state index is 11.6. The van der Waals surface area contributed by atoms with Gasteiger partial charge in [0, 0.05) is 25.2 Å². The highest BCUT2D eigenvalue weighted by Gasteiger charge is 2.31. The number of hydrogen-bond donors (Lipinski definition) is 1. The van der Waals surface area contributed by atoms with E-state index >= 15 is 0 Å². The Morgan fingerprint density at radius 2 is 2.06 bits per heavy atom. The third-order valence-electron chi connectivity index (χ3n) is 3.93. The van der Waals surface area contributed by atoms with Gasteiger partial charge in [-0.3, -0.25) is 9.69 Å². The number of nitrogens with one attached hydrogen (secondary N) is 1. The van der Waals surface area contributed by atoms with Gasteiger partial charge in [-0.15, -0.1) is 12.4 Å². The largest absolute Gasteiger partial charge is 0.469 e. The molecular formula is C13H27ClN2O2. The minimum Gasteiger partial charge on any atom is -0.469 e. The molecule has 2 atom stereocenters. The van der Waals surface area contributed by atoms with Gasteiger partial charge in [-0.05, 0) is 40.7 Å². The molecule has 1 rings (SSSR count). The van der Waals surface area contributed by atoms with Gasteiger partial charge in [0.05, 0.1) is 12.5 Å². The number of esters is 1. The predicted octanol–water partition coefficient (Wildman–Crippen LogP) is 1.68. The van der Waals surface area contributed by atoms with Crippen LogP contribution < -0.4 is 5.32 Å². The van der Waals surface area contributed by atoms with E-state index in [2.05, 4.69) is 24.1 Å². The average molecular weight is 279 g/mol. The van der Waals surface area contributed by atoms with Crippen molar-refractivity contribution in [2.45, 2.75) is 46.2 Å². The van der Waals surface area contributed by atoms with Gasteiger partial charge < -0.3 is 10.1 Å². The van der Waals surface area contributed by atoms with Gasteiger partial charge >= 0.3 is 5.97 Å². The second-order valence-electron chi connectivity index (χ2n) is 5.64. The highest BCUT2D eigenvalue weighted by atomic mass is 35.5. The van der Waals surface area contributed by atoms with Crippen molar-refractivity contribution in [2.75, 3.05) is 26.7 Å². The lowest BCUT2D eigenvalue weighted by Gasteiger charge is -2.39. The molecule has 0 aliphatic carbocycles. The number of piperazine rings is 1. The number of ether oxygens (including phenoxy) is 1. The molecule has 0 radical (unpaired) electrons. The van der Waals surface area contributed by atoms with Gasteiger partial charge in [0.15, 0.2) is 0 Å². The first-order chi connectivity index (χ1) is 7.88. The number of rotatable bonds is 4. The van der Waals surface area contributed by atoms with Crippen LogP contribution in [0.5, 0.6) is 0 Å². The van der Waals surface area contributed by atoms with Gasteiger partial charge in [-0.25, -0.2) is 0 Å². The first kappa shape index (κ1) is 17.7. The van der Waals surface area contributed by atoms with Crippen LogP contribution in [-0.2, 0) is 9.53 Å². The highest BCUT2D eigenvalue weighted by Crippen LogP contribution is 2.23. The maximum atomic E-state index is 11.6. The Kier molecular flexibility index (Phi) is 7.18. The van der Waals surface area contributed by atoms with E-state index in [0.29, 0.717) is 12.1 Å². The zero-order valence-corrected chi connectivity index (χ0v) is 13.0. The third kappa shape index (κ3) is 4.41. The minimum absolute atomic E-state index is 0. The van der Waals surface area contributed by atoms with Crippen molar-refractivity contribution in [3.63, 3.8) is 0 Å². The summed E-state index contributed by atoms with van der Waals surface area (Å²) in [6.07, 6.45) is 0.844. The van der Waals surface area contributed by atoms with Crippen LogP contribution in [0.3, 0.4) is 0 Å². The van der Waals surface area contributed by atoms with Crippen molar-refractivity contribution in [1.82, 2.24) is 10.2 Å². The Morgan fingerprint density at radius 1 is 1.44 bits per heavy atom. The van der Waals surface area contributed by atoms with Crippen molar-refractivity contribution < 1.29 is 9.53 Å². The first-order valence-corrected chi connectivity index (χ1v) is 6.44. The summed E-state index contributed by atoms with van der Waals surface area (Å²) in [5.41, 5.74) is -0.386. The van der Waals surface area contributed by atoms with E-state index in [0.717, 1.165) is 26.1 Å². The van der Waals surface area contributed by atoms with E-state index in [4.69, 9.17) is 4.74 Å². The quantitative estimate of drug-likeness (QED) is 0.795. The van der Waals surface area contributed by atoms with Gasteiger partial charge in [0.25, 0.3) is 0 Å². The Balaban J connectivity index is 0.00000289. The molecule has 4 nitrogen and oxygen atoms in total. The Bertz CT molecular complexity index is 272. The second-order valence-corrected chi connectivity index (χ2v) is 5.64. The summed E-state index contributed by atoms with van der Waals surface area (Å²) in [6.45, 7) is 11.4. The molecule has 1 saturated heterocycles. The lowest BCUT2D eigenvalue weighted by molar-refractivity contribution is -0.151. The molecular weight excluding hydrogens is 252 g/mol. The van der Waals surface area contributed by atoms with Gasteiger partial charge in [0.1, 0.15) is 0 Å². The normalized spacial score (nSPS) is 25.4. The van der Waals surface area contributed by atoms with Crippen molar-refractivity contribution in [3.8, 4) is 0 Å². The topological polar surface area (TPSA) is 41.6 Å². The Hall–Kier alpha value is -0.320. The smallest absolute Gasteiger partial charge is 0.311 e. The fourth-order valence-corrected chi connectivity index (χ4v) is 2.24. The molecule has 108 valence electrons. The van der Waals surface area contributed by atoms with Crippen LogP contribution >= 0.6 is 12.4 Å². The molecule has 18 heavy (non-hydrogen) atoms. The summed E-state index contributed by atoms with van der Waals surface area (Å²) < 4.78 is 4.83. The van der Waals surface area contributed by atoms with Crippen LogP contribution in [0.25, 0.3) is 0 Å². The van der Waals surface area contributed by atoms with Crippen LogP contribution in [0.2, 0.25) is 0 Å². The molecule has 1 aliphatic heterocycles. The number of nitrogens with zero attached hydrogens (tertiary/aromatic N) is 1. The molecule has 0 spiro atoms. The standard InChI is InChI=1S/C13H26N2O2.ClH/c1-10-11(2)15(9-7-14-10)8-6-13(3,4)12(16)17-5;/h10-11,14H,6-9H2,1-5H3;1H. The summed E-state index contributed by atoms with van der Waals surface area (Å²) in [6, 6.07) is 1.04. The number of hydrogen-bond acceptors (Lipinski definition) is 4. The van der Waals surface area contributed by atoms with Crippen molar-refractivity contribution >= 4 is 18.4 Å². The molecule has 0 aromatic rings. The van der Waals surface area contributed by atoms with E-state index < -0.39 is 0 Å². The van der Waals surface area contributed by atoms with Crippen LogP contribution in [-0.4, -0.2) is 49.7 Å². The van der Waals surface area contributed by atoms with Crippen molar-refractivity contribution in [1.29, 1.82) is 0 Å². The van der Waals surface area contributed by atoms with E-state index in [1.54, 1.807) is 0 Å².